The van der Waals surface area contributed by atoms with Crippen molar-refractivity contribution in [3.8, 4) is 23.0 Å². The van der Waals surface area contributed by atoms with Crippen LogP contribution in [-0.2, 0) is 84.4 Å². The zero-order valence-electron chi connectivity index (χ0n) is 48.3. The summed E-state index contributed by atoms with van der Waals surface area (Å²) in [5.41, 5.74) is 5.73. The first-order chi connectivity index (χ1) is 42.6. The maximum Gasteiger partial charge on any atom is 0.330 e. The number of carbonyl (C=O) groups excluding carboxylic acids is 9. The van der Waals surface area contributed by atoms with Crippen LogP contribution in [0.2, 0.25) is 0 Å². The number of fused-ring (bicyclic) bond motifs is 1. The smallest absolute Gasteiger partial charge is 0.330 e. The van der Waals surface area contributed by atoms with Gasteiger partial charge in [-0.15, -0.1) is 0 Å². The van der Waals surface area contributed by atoms with Crippen molar-refractivity contribution >= 4 is 86.6 Å². The Hall–Kier alpha value is -9.13. The molecule has 0 amide bonds. The van der Waals surface area contributed by atoms with Gasteiger partial charge in [-0.1, -0.05) is 60.9 Å². The van der Waals surface area contributed by atoms with E-state index in [9.17, 15) is 48.3 Å². The molecule has 2 saturated carbocycles. The van der Waals surface area contributed by atoms with Gasteiger partial charge >= 0.3 is 53.7 Å². The second-order valence-electron chi connectivity index (χ2n) is 20.4. The third kappa shape index (κ3) is 22.3. The van der Waals surface area contributed by atoms with Crippen molar-refractivity contribution in [2.75, 3.05) is 45.1 Å². The van der Waals surface area contributed by atoms with Gasteiger partial charge in [-0.2, -0.15) is 5.10 Å². The van der Waals surface area contributed by atoms with Crippen LogP contribution in [0.1, 0.15) is 93.7 Å². The average Bonchev–Trinajstić information content (AvgIpc) is 4.16. The number of aromatic nitrogens is 1. The molecule has 0 saturated heterocycles. The standard InChI is InChI=1S/C64H69N3O20S/c1-3-54(68)80-35-37-82-58(72)29-27-56(70)78-33-31-41-9-21-48(22-10-41)84-60(74)43-13-15-45(16-14-43)62(76)86-50-25-26-52(47(39-50)40-65-67-64-66-51-7-5-6-8-53(51)88-64)87-63(77)46-19-17-44(18-20-46)61(75)85-49-23-11-42(12-24-49)32-34-79-57(71)28-30-59(73)83-38-36-81-55(69)4-2/h3-12,21-26,39-40,43-46,57,71H,1-2,13-20,27-38H2,(H,66,67)/b65-40+. The van der Waals surface area contributed by atoms with Crippen molar-refractivity contribution in [3.63, 3.8) is 0 Å². The number of thiazole rings is 1. The molecule has 4 aromatic carbocycles. The molecule has 0 spiro atoms. The van der Waals surface area contributed by atoms with Crippen LogP contribution < -0.4 is 24.4 Å². The van der Waals surface area contributed by atoms with Crippen LogP contribution in [0, 0.1) is 23.7 Å². The van der Waals surface area contributed by atoms with Crippen LogP contribution in [0.5, 0.6) is 23.0 Å². The molecule has 2 fully saturated rings. The Bertz CT molecular complexity index is 3220. The molecule has 23 nitrogen and oxygen atoms in total. The Balaban J connectivity index is 0.828. The molecular weight excluding hydrogens is 1160 g/mol. The number of para-hydroxylation sites is 1. The molecule has 1 atom stereocenters. The molecule has 2 aliphatic carbocycles. The van der Waals surface area contributed by atoms with E-state index in [1.54, 1.807) is 54.6 Å². The Morgan fingerprint density at radius 1 is 0.545 bits per heavy atom. The summed E-state index contributed by atoms with van der Waals surface area (Å²) in [6.45, 7) is 6.28. The van der Waals surface area contributed by atoms with Gasteiger partial charge < -0.3 is 52.5 Å². The number of ether oxygens (including phenoxy) is 10. The van der Waals surface area contributed by atoms with Crippen LogP contribution in [0.25, 0.3) is 10.2 Å². The fraction of sp³-hybridized carbons (Fsp3) is 0.391. The van der Waals surface area contributed by atoms with E-state index in [0.717, 1.165) is 33.5 Å². The third-order valence-corrected chi connectivity index (χ3v) is 15.1. The van der Waals surface area contributed by atoms with Gasteiger partial charge in [-0.05, 0) is 124 Å². The lowest BCUT2D eigenvalue weighted by molar-refractivity contribution is -0.152. The first-order valence-electron chi connectivity index (χ1n) is 28.8. The highest BCUT2D eigenvalue weighted by molar-refractivity contribution is 7.22. The molecule has 24 heteroatoms. The van der Waals surface area contributed by atoms with Gasteiger partial charge in [0.2, 0.25) is 5.13 Å². The maximum absolute atomic E-state index is 13.7. The lowest BCUT2D eigenvalue weighted by Gasteiger charge is -2.26. The molecule has 0 bridgehead atoms. The van der Waals surface area contributed by atoms with E-state index < -0.39 is 83.7 Å². The van der Waals surface area contributed by atoms with E-state index in [4.69, 9.17) is 47.4 Å². The minimum Gasteiger partial charge on any atom is -0.465 e. The summed E-state index contributed by atoms with van der Waals surface area (Å²) in [6, 6.07) is 25.9. The minimum absolute atomic E-state index is 0.0142. The highest BCUT2D eigenvalue weighted by Gasteiger charge is 2.34. The van der Waals surface area contributed by atoms with Gasteiger partial charge in [0.25, 0.3) is 0 Å². The fourth-order valence-electron chi connectivity index (χ4n) is 9.28. The zero-order chi connectivity index (χ0) is 62.6. The van der Waals surface area contributed by atoms with Crippen molar-refractivity contribution in [2.24, 2.45) is 28.8 Å². The topological polar surface area (TPSA) is 303 Å². The number of nitrogens with one attached hydrogen (secondary N) is 1. The molecular formula is C64H69N3O20S. The normalized spacial score (nSPS) is 16.6. The number of aliphatic hydroxyl groups is 1. The molecule has 1 unspecified atom stereocenters. The first-order valence-corrected chi connectivity index (χ1v) is 29.6. The van der Waals surface area contributed by atoms with Crippen molar-refractivity contribution in [2.45, 2.75) is 96.2 Å². The number of rotatable bonds is 32. The van der Waals surface area contributed by atoms with Gasteiger partial charge in [0.15, 0.2) is 6.29 Å². The van der Waals surface area contributed by atoms with E-state index in [1.807, 2.05) is 24.3 Å². The number of hydrogen-bond acceptors (Lipinski definition) is 24. The largest absolute Gasteiger partial charge is 0.465 e. The van der Waals surface area contributed by atoms with Crippen LogP contribution in [-0.4, -0.2) is 116 Å². The van der Waals surface area contributed by atoms with E-state index in [2.05, 4.69) is 28.7 Å². The molecule has 1 heterocycles. The number of benzene rings is 4. The van der Waals surface area contributed by atoms with Crippen molar-refractivity contribution < 1.29 is 95.6 Å². The van der Waals surface area contributed by atoms with Crippen molar-refractivity contribution in [1.82, 2.24) is 4.98 Å². The van der Waals surface area contributed by atoms with E-state index in [-0.39, 0.29) is 76.8 Å². The Morgan fingerprint density at radius 3 is 1.50 bits per heavy atom. The number of anilines is 1. The van der Waals surface area contributed by atoms with Gasteiger partial charge in [-0.3, -0.25) is 39.0 Å². The Labute approximate surface area is 511 Å². The Kier molecular flexibility index (Phi) is 26.3. The summed E-state index contributed by atoms with van der Waals surface area (Å²) >= 11 is 1.40. The van der Waals surface area contributed by atoms with Gasteiger partial charge in [0.05, 0.1) is 72.6 Å². The molecule has 0 aliphatic heterocycles. The number of nitrogens with zero attached hydrogens (tertiary/aromatic N) is 2. The number of esters is 9. The molecule has 2 aliphatic rings. The first kappa shape index (κ1) is 66.4. The summed E-state index contributed by atoms with van der Waals surface area (Å²) in [7, 11) is 0. The summed E-state index contributed by atoms with van der Waals surface area (Å²) in [5.74, 6) is -5.72. The highest BCUT2D eigenvalue weighted by Crippen LogP contribution is 2.35. The minimum atomic E-state index is -1.19. The third-order valence-electron chi connectivity index (χ3n) is 14.1. The second-order valence-corrected chi connectivity index (χ2v) is 21.4. The Morgan fingerprint density at radius 2 is 0.989 bits per heavy atom. The fourth-order valence-corrected chi connectivity index (χ4v) is 10.1. The molecule has 7 rings (SSSR count). The van der Waals surface area contributed by atoms with E-state index in [0.29, 0.717) is 86.4 Å². The lowest BCUT2D eigenvalue weighted by atomic mass is 9.82. The highest BCUT2D eigenvalue weighted by atomic mass is 32.1. The van der Waals surface area contributed by atoms with E-state index in [1.165, 1.54) is 29.7 Å². The number of aliphatic hydroxyl groups excluding tert-OH is 1. The van der Waals surface area contributed by atoms with Crippen molar-refractivity contribution in [1.29, 1.82) is 0 Å². The van der Waals surface area contributed by atoms with Crippen LogP contribution >= 0.6 is 11.3 Å². The lowest BCUT2D eigenvalue weighted by Crippen LogP contribution is -2.30. The molecule has 1 aromatic heterocycles. The molecule has 2 N–H and O–H groups in total. The van der Waals surface area contributed by atoms with Crippen molar-refractivity contribution in [3.05, 3.63) is 133 Å². The second kappa shape index (κ2) is 34.9. The summed E-state index contributed by atoms with van der Waals surface area (Å²) in [4.78, 5) is 116. The van der Waals surface area contributed by atoms with Gasteiger partial charge in [-0.25, -0.2) is 14.6 Å². The maximum atomic E-state index is 13.7. The molecule has 5 aromatic rings. The quantitative estimate of drug-likeness (QED) is 0.00596. The van der Waals surface area contributed by atoms with Gasteiger partial charge in [0.1, 0.15) is 49.4 Å². The summed E-state index contributed by atoms with van der Waals surface area (Å²) < 4.78 is 54.1. The summed E-state index contributed by atoms with van der Waals surface area (Å²) in [6.07, 6.45) is 5.69. The molecule has 466 valence electrons. The zero-order valence-corrected chi connectivity index (χ0v) is 49.2. The van der Waals surface area contributed by atoms with E-state index >= 15 is 0 Å². The SMILES string of the molecule is C=CC(=O)OCCOC(=O)CCC(=O)OCCc1ccc(OC(=O)C2CCC(C(=O)Oc3ccc(OC(=O)C4CCC(C(=O)Oc5ccc(CCOC(O)CCC(=O)OCCOC(=O)C=C)cc5)CC4)c(/C=N/Nc4nc5ccccc5s4)c3)CC2)cc1. The number of hydrazone groups is 1. The average molecular weight is 1230 g/mol. The molecule has 0 radical (unpaired) electrons. The van der Waals surface area contributed by atoms with Crippen LogP contribution in [0.3, 0.4) is 0 Å². The monoisotopic (exact) mass is 1230 g/mol. The predicted molar refractivity (Wildman–Crippen MR) is 317 cm³/mol. The predicted octanol–water partition coefficient (Wildman–Crippen LogP) is 8.45. The van der Waals surface area contributed by atoms with Gasteiger partial charge in [0, 0.05) is 30.6 Å². The molecule has 88 heavy (non-hydrogen) atoms. The van der Waals surface area contributed by atoms with Crippen LogP contribution in [0.15, 0.2) is 121 Å². The number of carbonyl (C=O) groups is 9. The van der Waals surface area contributed by atoms with Crippen LogP contribution in [0.4, 0.5) is 5.13 Å². The summed E-state index contributed by atoms with van der Waals surface area (Å²) in [5, 5.41) is 15.0. The number of hydrogen-bond donors (Lipinski definition) is 2.